The third kappa shape index (κ3) is 7.60. The van der Waals surface area contributed by atoms with Gasteiger partial charge in [0.2, 0.25) is 0 Å². The molecule has 0 aromatic rings. The molecule has 0 bridgehead atoms. The fourth-order valence-electron chi connectivity index (χ4n) is 1.27. The molecule has 0 heterocycles. The molecule has 8 heteroatoms. The topological polar surface area (TPSA) is 109 Å². The van der Waals surface area contributed by atoms with Crippen molar-refractivity contribution in [1.29, 1.82) is 0 Å². The van der Waals surface area contributed by atoms with Gasteiger partial charge in [-0.15, -0.1) is 0 Å². The Kier molecular flexibility index (Phi) is 6.90. The fourth-order valence-corrected chi connectivity index (χ4v) is 1.27. The Bertz CT molecular complexity index is 303. The van der Waals surface area contributed by atoms with Gasteiger partial charge in [-0.2, -0.15) is 8.42 Å². The first kappa shape index (κ1) is 14.7. The predicted molar refractivity (Wildman–Crippen MR) is 55.0 cm³/mol. The van der Waals surface area contributed by atoms with Crippen molar-refractivity contribution < 1.29 is 26.5 Å². The summed E-state index contributed by atoms with van der Waals surface area (Å²) in [7, 11) is -7.87. The number of aldehydes is 1. The van der Waals surface area contributed by atoms with Gasteiger partial charge in [-0.3, -0.25) is 9.11 Å². The second-order valence-corrected chi connectivity index (χ2v) is 6.59. The van der Waals surface area contributed by atoms with Crippen LogP contribution in [0, 0.1) is 5.92 Å². The van der Waals surface area contributed by atoms with Crippen molar-refractivity contribution in [3.63, 3.8) is 0 Å². The zero-order valence-corrected chi connectivity index (χ0v) is 9.67. The van der Waals surface area contributed by atoms with Crippen LogP contribution in [0.4, 0.5) is 0 Å². The van der Waals surface area contributed by atoms with Crippen molar-refractivity contribution in [3.8, 4) is 0 Å². The summed E-state index contributed by atoms with van der Waals surface area (Å²) in [6, 6.07) is 0. The average molecular weight is 258 g/mol. The lowest BCUT2D eigenvalue weighted by Crippen LogP contribution is -2.06. The molecule has 0 aliphatic heterocycles. The van der Waals surface area contributed by atoms with Gasteiger partial charge in [0, 0.05) is 5.92 Å². The zero-order chi connectivity index (χ0) is 11.9. The van der Waals surface area contributed by atoms with Crippen molar-refractivity contribution in [2.24, 2.45) is 5.92 Å². The molecule has 0 aromatic heterocycles. The minimum Gasteiger partial charge on any atom is -0.303 e. The molecule has 1 aliphatic rings. The lowest BCUT2D eigenvalue weighted by Gasteiger charge is -2.14. The Hall–Kier alpha value is -0.310. The van der Waals surface area contributed by atoms with Crippen molar-refractivity contribution in [2.75, 3.05) is 0 Å². The maximum Gasteiger partial charge on any atom is 0.373 e. The molecule has 1 atom stereocenters. The molecule has 2 N–H and O–H groups in total. The van der Waals surface area contributed by atoms with Gasteiger partial charge in [-0.05, 0) is 12.8 Å². The summed E-state index contributed by atoms with van der Waals surface area (Å²) in [4.78, 5) is 10.2. The summed E-state index contributed by atoms with van der Waals surface area (Å²) in [6.07, 6.45) is 7.27. The molecule has 0 saturated heterocycles. The summed E-state index contributed by atoms with van der Waals surface area (Å²) in [5, 5.41) is 0. The third-order valence-corrected chi connectivity index (χ3v) is 3.46. The van der Waals surface area contributed by atoms with Crippen LogP contribution in [-0.4, -0.2) is 28.0 Å². The third-order valence-electron chi connectivity index (χ3n) is 2.02. The molecule has 1 saturated carbocycles. The lowest BCUT2D eigenvalue weighted by atomic mass is 9.91. The molecule has 90 valence electrons. The highest BCUT2D eigenvalue weighted by Crippen LogP contribution is 2.21. The lowest BCUT2D eigenvalue weighted by molar-refractivity contribution is -0.111. The van der Waals surface area contributed by atoms with Crippen LogP contribution in [0.1, 0.15) is 32.1 Å². The van der Waals surface area contributed by atoms with Gasteiger partial charge in [-0.1, -0.05) is 19.3 Å². The van der Waals surface area contributed by atoms with Crippen LogP contribution in [0.15, 0.2) is 0 Å². The smallest absolute Gasteiger partial charge is 0.303 e. The number of carbonyl (C=O) groups is 1. The first-order chi connectivity index (χ1) is 6.88. The van der Waals surface area contributed by atoms with Crippen molar-refractivity contribution >= 4 is 25.5 Å². The van der Waals surface area contributed by atoms with Crippen LogP contribution >= 0.6 is 0 Å². The Morgan fingerprint density at radius 1 is 1.20 bits per heavy atom. The van der Waals surface area contributed by atoms with Gasteiger partial charge >= 0.3 is 19.3 Å². The fraction of sp³-hybridized carbons (Fsp3) is 0.857. The number of hydrogen-bond acceptors (Lipinski definition) is 4. The van der Waals surface area contributed by atoms with E-state index in [1.165, 1.54) is 19.3 Å². The van der Waals surface area contributed by atoms with Crippen molar-refractivity contribution in [2.45, 2.75) is 32.1 Å². The van der Waals surface area contributed by atoms with E-state index in [0.29, 0.717) is 5.92 Å². The molecule has 1 fully saturated rings. The SMILES string of the molecule is O=CC1CCCCC1.O=S(O)S(=O)(=O)O. The Morgan fingerprint density at radius 2 is 1.60 bits per heavy atom. The number of carbonyl (C=O) groups excluding carboxylic acids is 1. The van der Waals surface area contributed by atoms with Gasteiger partial charge in [0.1, 0.15) is 6.29 Å². The molecular weight excluding hydrogens is 244 g/mol. The number of rotatable bonds is 2. The monoisotopic (exact) mass is 258 g/mol. The van der Waals surface area contributed by atoms with Gasteiger partial charge in [0.05, 0.1) is 0 Å². The van der Waals surface area contributed by atoms with E-state index in [0.717, 1.165) is 19.1 Å². The van der Waals surface area contributed by atoms with E-state index in [1.54, 1.807) is 0 Å². The summed E-state index contributed by atoms with van der Waals surface area (Å²) < 4.78 is 43.0. The van der Waals surface area contributed by atoms with E-state index >= 15 is 0 Å². The second-order valence-electron chi connectivity index (χ2n) is 3.18. The van der Waals surface area contributed by atoms with Gasteiger partial charge < -0.3 is 4.79 Å². The molecule has 1 unspecified atom stereocenters. The van der Waals surface area contributed by atoms with Crippen molar-refractivity contribution in [1.82, 2.24) is 0 Å². The minimum absolute atomic E-state index is 0.406. The Labute approximate surface area is 90.5 Å². The van der Waals surface area contributed by atoms with Crippen LogP contribution in [0.2, 0.25) is 0 Å². The summed E-state index contributed by atoms with van der Waals surface area (Å²) >= 11 is 0. The van der Waals surface area contributed by atoms with Gasteiger partial charge in [-0.25, -0.2) is 4.21 Å². The highest BCUT2D eigenvalue weighted by molar-refractivity contribution is 8.59. The molecule has 1 rings (SSSR count). The summed E-state index contributed by atoms with van der Waals surface area (Å²) in [5.41, 5.74) is 0. The van der Waals surface area contributed by atoms with Gasteiger partial charge in [0.15, 0.2) is 0 Å². The van der Waals surface area contributed by atoms with Crippen LogP contribution in [0.25, 0.3) is 0 Å². The van der Waals surface area contributed by atoms with Crippen LogP contribution in [0.5, 0.6) is 0 Å². The molecule has 0 spiro atoms. The van der Waals surface area contributed by atoms with E-state index in [4.69, 9.17) is 9.11 Å². The Morgan fingerprint density at radius 3 is 1.80 bits per heavy atom. The Balaban J connectivity index is 0.000000265. The quantitative estimate of drug-likeness (QED) is 0.328. The first-order valence-corrected chi connectivity index (χ1v) is 7.48. The second kappa shape index (κ2) is 7.04. The standard InChI is InChI=1S/C7H12O.H2O5S2/c8-6-7-4-2-1-3-5-7;1-6(2)7(3,4)5/h6-7H,1-5H2;(H,1,2)(H,3,4,5). The van der Waals surface area contributed by atoms with Crippen LogP contribution < -0.4 is 0 Å². The average Bonchev–Trinajstić information content (AvgIpc) is 2.18. The highest BCUT2D eigenvalue weighted by atomic mass is 33.2. The maximum absolute atomic E-state index is 10.2. The largest absolute Gasteiger partial charge is 0.373 e. The molecule has 0 aromatic carbocycles. The van der Waals surface area contributed by atoms with Crippen LogP contribution in [-0.2, 0) is 24.1 Å². The summed E-state index contributed by atoms with van der Waals surface area (Å²) in [5.74, 6) is 0.406. The minimum atomic E-state index is -4.71. The zero-order valence-electron chi connectivity index (χ0n) is 8.03. The van der Waals surface area contributed by atoms with E-state index in [1.807, 2.05) is 0 Å². The normalized spacial score (nSPS) is 19.9. The molecule has 0 amide bonds. The molecule has 0 radical (unpaired) electrons. The highest BCUT2D eigenvalue weighted by Gasteiger charge is 2.11. The number of hydrogen-bond donors (Lipinski definition) is 2. The molecule has 15 heavy (non-hydrogen) atoms. The van der Waals surface area contributed by atoms with E-state index in [9.17, 15) is 17.4 Å². The molecule has 1 aliphatic carbocycles. The van der Waals surface area contributed by atoms with Gasteiger partial charge in [0.25, 0.3) is 0 Å². The molecule has 6 nitrogen and oxygen atoms in total. The predicted octanol–water partition coefficient (Wildman–Crippen LogP) is 0.777. The maximum atomic E-state index is 10.2. The molecular formula is C7H14O6S2. The van der Waals surface area contributed by atoms with E-state index < -0.39 is 19.3 Å². The van der Waals surface area contributed by atoms with E-state index in [2.05, 4.69) is 0 Å². The van der Waals surface area contributed by atoms with E-state index in [-0.39, 0.29) is 0 Å². The van der Waals surface area contributed by atoms with Crippen LogP contribution in [0.3, 0.4) is 0 Å². The summed E-state index contributed by atoms with van der Waals surface area (Å²) in [6.45, 7) is 0. The first-order valence-electron chi connectivity index (χ1n) is 4.42. The van der Waals surface area contributed by atoms with Crippen molar-refractivity contribution in [3.05, 3.63) is 0 Å².